The minimum atomic E-state index is -0.0517. The van der Waals surface area contributed by atoms with Gasteiger partial charge >= 0.3 is 5.97 Å². The number of hydrogen-bond donors (Lipinski definition) is 0. The fourth-order valence-electron chi connectivity index (χ4n) is 3.12. The number of ether oxygens (including phenoxy) is 2. The highest BCUT2D eigenvalue weighted by Crippen LogP contribution is 2.25. The van der Waals surface area contributed by atoms with Crippen LogP contribution in [0.1, 0.15) is 32.6 Å². The van der Waals surface area contributed by atoms with Crippen LogP contribution in [0.15, 0.2) is 0 Å². The smallest absolute Gasteiger partial charge is 0.310 e. The van der Waals surface area contributed by atoms with Gasteiger partial charge in [-0.2, -0.15) is 0 Å². The van der Waals surface area contributed by atoms with Gasteiger partial charge in [0.1, 0.15) is 0 Å². The number of carbonyl (C=O) groups excluding carboxylic acids is 1. The molecule has 0 radical (unpaired) electrons. The monoisotopic (exact) mass is 255 g/mol. The van der Waals surface area contributed by atoms with Crippen LogP contribution in [0.2, 0.25) is 0 Å². The van der Waals surface area contributed by atoms with Crippen molar-refractivity contribution in [3.63, 3.8) is 0 Å². The summed E-state index contributed by atoms with van der Waals surface area (Å²) >= 11 is 0. The molecule has 0 aromatic heterocycles. The largest absolute Gasteiger partial charge is 0.469 e. The van der Waals surface area contributed by atoms with Crippen LogP contribution in [0.25, 0.3) is 0 Å². The lowest BCUT2D eigenvalue weighted by molar-refractivity contribution is -0.146. The summed E-state index contributed by atoms with van der Waals surface area (Å²) in [5.41, 5.74) is 0. The first-order chi connectivity index (χ1) is 8.70. The van der Waals surface area contributed by atoms with Gasteiger partial charge in [0.15, 0.2) is 0 Å². The molecule has 18 heavy (non-hydrogen) atoms. The Morgan fingerprint density at radius 3 is 2.94 bits per heavy atom. The summed E-state index contributed by atoms with van der Waals surface area (Å²) < 4.78 is 10.5. The summed E-state index contributed by atoms with van der Waals surface area (Å²) in [6, 6.07) is 0. The van der Waals surface area contributed by atoms with Crippen molar-refractivity contribution in [2.45, 2.75) is 38.7 Å². The molecule has 0 spiro atoms. The average molecular weight is 255 g/mol. The maximum atomic E-state index is 11.6. The topological polar surface area (TPSA) is 38.8 Å². The Balaban J connectivity index is 1.66. The van der Waals surface area contributed by atoms with Crippen LogP contribution in [0, 0.1) is 11.8 Å². The number of methoxy groups -OCH3 is 1. The molecule has 2 saturated heterocycles. The second-order valence-corrected chi connectivity index (χ2v) is 5.64. The van der Waals surface area contributed by atoms with Crippen molar-refractivity contribution >= 4 is 5.97 Å². The van der Waals surface area contributed by atoms with Crippen molar-refractivity contribution in [2.24, 2.45) is 11.8 Å². The Bertz CT molecular complexity index is 276. The van der Waals surface area contributed by atoms with Crippen LogP contribution in [0.3, 0.4) is 0 Å². The second-order valence-electron chi connectivity index (χ2n) is 5.64. The molecule has 0 saturated carbocycles. The molecule has 0 aliphatic carbocycles. The first kappa shape index (κ1) is 13.8. The molecule has 3 unspecified atom stereocenters. The quantitative estimate of drug-likeness (QED) is 0.701. The number of hydrogen-bond acceptors (Lipinski definition) is 4. The van der Waals surface area contributed by atoms with Gasteiger partial charge in [-0.3, -0.25) is 4.79 Å². The molecule has 2 rings (SSSR count). The van der Waals surface area contributed by atoms with E-state index in [9.17, 15) is 4.79 Å². The minimum Gasteiger partial charge on any atom is -0.469 e. The summed E-state index contributed by atoms with van der Waals surface area (Å²) in [5.74, 6) is 0.432. The standard InChI is InChI=1S/C14H25NO3/c1-11-9-15(10-13(11)14(16)17-2)7-3-5-12-6-4-8-18-12/h11-13H,3-10H2,1-2H3. The summed E-state index contributed by atoms with van der Waals surface area (Å²) in [6.45, 7) is 6.04. The zero-order chi connectivity index (χ0) is 13.0. The zero-order valence-electron chi connectivity index (χ0n) is 11.6. The van der Waals surface area contributed by atoms with E-state index in [2.05, 4.69) is 11.8 Å². The number of esters is 1. The highest BCUT2D eigenvalue weighted by atomic mass is 16.5. The van der Waals surface area contributed by atoms with Crippen molar-refractivity contribution in [3.8, 4) is 0 Å². The lowest BCUT2D eigenvalue weighted by atomic mass is 9.99. The van der Waals surface area contributed by atoms with E-state index in [4.69, 9.17) is 9.47 Å². The zero-order valence-corrected chi connectivity index (χ0v) is 11.6. The summed E-state index contributed by atoms with van der Waals surface area (Å²) in [7, 11) is 1.48. The van der Waals surface area contributed by atoms with Gasteiger partial charge in [-0.1, -0.05) is 6.92 Å². The highest BCUT2D eigenvalue weighted by molar-refractivity contribution is 5.73. The number of likely N-dealkylation sites (tertiary alicyclic amines) is 1. The molecule has 0 aromatic rings. The predicted octanol–water partition coefficient (Wildman–Crippen LogP) is 1.69. The Kier molecular flexibility index (Phi) is 5.01. The Hall–Kier alpha value is -0.610. The van der Waals surface area contributed by atoms with Crippen LogP contribution < -0.4 is 0 Å². The molecule has 2 aliphatic heterocycles. The molecular weight excluding hydrogens is 230 g/mol. The van der Waals surface area contributed by atoms with E-state index in [0.717, 1.165) is 32.7 Å². The Morgan fingerprint density at radius 2 is 2.28 bits per heavy atom. The van der Waals surface area contributed by atoms with Gasteiger partial charge in [0.2, 0.25) is 0 Å². The third-order valence-corrected chi connectivity index (χ3v) is 4.22. The first-order valence-corrected chi connectivity index (χ1v) is 7.12. The SMILES string of the molecule is COC(=O)C1CN(CCCC2CCCO2)CC1C. The second kappa shape index (κ2) is 6.53. The van der Waals surface area contributed by atoms with Gasteiger partial charge in [0.25, 0.3) is 0 Å². The molecule has 0 amide bonds. The lowest BCUT2D eigenvalue weighted by Crippen LogP contribution is -2.25. The van der Waals surface area contributed by atoms with Crippen molar-refractivity contribution < 1.29 is 14.3 Å². The Labute approximate surface area is 110 Å². The van der Waals surface area contributed by atoms with Gasteiger partial charge < -0.3 is 14.4 Å². The number of rotatable bonds is 5. The molecule has 3 atom stereocenters. The fourth-order valence-corrected chi connectivity index (χ4v) is 3.12. The van der Waals surface area contributed by atoms with E-state index in [-0.39, 0.29) is 11.9 Å². The van der Waals surface area contributed by atoms with E-state index in [0.29, 0.717) is 12.0 Å². The molecule has 2 heterocycles. The van der Waals surface area contributed by atoms with Crippen molar-refractivity contribution in [1.29, 1.82) is 0 Å². The van der Waals surface area contributed by atoms with Gasteiger partial charge in [-0.05, 0) is 38.1 Å². The maximum absolute atomic E-state index is 11.6. The molecule has 104 valence electrons. The molecule has 0 N–H and O–H groups in total. The van der Waals surface area contributed by atoms with E-state index in [1.54, 1.807) is 0 Å². The molecular formula is C14H25NO3. The molecule has 2 aliphatic rings. The highest BCUT2D eigenvalue weighted by Gasteiger charge is 2.35. The first-order valence-electron chi connectivity index (χ1n) is 7.12. The summed E-state index contributed by atoms with van der Waals surface area (Å²) in [4.78, 5) is 14.0. The Morgan fingerprint density at radius 1 is 1.44 bits per heavy atom. The van der Waals surface area contributed by atoms with Gasteiger partial charge in [0, 0.05) is 19.7 Å². The minimum absolute atomic E-state index is 0.0517. The van der Waals surface area contributed by atoms with E-state index >= 15 is 0 Å². The van der Waals surface area contributed by atoms with Crippen LogP contribution in [0.5, 0.6) is 0 Å². The lowest BCUT2D eigenvalue weighted by Gasteiger charge is -2.16. The van der Waals surface area contributed by atoms with Crippen LogP contribution in [-0.4, -0.2) is 50.3 Å². The summed E-state index contributed by atoms with van der Waals surface area (Å²) in [5, 5.41) is 0. The molecule has 4 heteroatoms. The van der Waals surface area contributed by atoms with Crippen LogP contribution in [0.4, 0.5) is 0 Å². The fraction of sp³-hybridized carbons (Fsp3) is 0.929. The maximum Gasteiger partial charge on any atom is 0.310 e. The van der Waals surface area contributed by atoms with Crippen molar-refractivity contribution in [1.82, 2.24) is 4.90 Å². The number of nitrogens with zero attached hydrogens (tertiary/aromatic N) is 1. The van der Waals surface area contributed by atoms with Gasteiger partial charge in [-0.15, -0.1) is 0 Å². The molecule has 4 nitrogen and oxygen atoms in total. The molecule has 0 bridgehead atoms. The third-order valence-electron chi connectivity index (χ3n) is 4.22. The average Bonchev–Trinajstić information content (AvgIpc) is 2.98. The van der Waals surface area contributed by atoms with Crippen molar-refractivity contribution in [3.05, 3.63) is 0 Å². The molecule has 2 fully saturated rings. The van der Waals surface area contributed by atoms with E-state index in [1.807, 2.05) is 0 Å². The van der Waals surface area contributed by atoms with Gasteiger partial charge in [-0.25, -0.2) is 0 Å². The van der Waals surface area contributed by atoms with Crippen LogP contribution in [-0.2, 0) is 14.3 Å². The molecule has 0 aromatic carbocycles. The predicted molar refractivity (Wildman–Crippen MR) is 69.3 cm³/mol. The third kappa shape index (κ3) is 3.45. The van der Waals surface area contributed by atoms with Gasteiger partial charge in [0.05, 0.1) is 19.1 Å². The summed E-state index contributed by atoms with van der Waals surface area (Å²) in [6.07, 6.45) is 5.26. The normalized spacial score (nSPS) is 32.9. The van der Waals surface area contributed by atoms with Crippen LogP contribution >= 0.6 is 0 Å². The van der Waals surface area contributed by atoms with E-state index < -0.39 is 0 Å². The number of carbonyl (C=O) groups is 1. The van der Waals surface area contributed by atoms with E-state index in [1.165, 1.54) is 26.4 Å². The van der Waals surface area contributed by atoms with Crippen molar-refractivity contribution in [2.75, 3.05) is 33.4 Å².